The minimum Gasteiger partial charge on any atom is -0.497 e. The Kier molecular flexibility index (Phi) is 7.78. The molecule has 0 spiro atoms. The molecule has 22 heavy (non-hydrogen) atoms. The number of hydrogen-bond acceptors (Lipinski definition) is 2. The first kappa shape index (κ1) is 18.3. The van der Waals surface area contributed by atoms with Gasteiger partial charge in [-0.2, -0.15) is 0 Å². The monoisotopic (exact) mass is 306 g/mol. The molecule has 0 fully saturated rings. The molecule has 0 aliphatic heterocycles. The van der Waals surface area contributed by atoms with Gasteiger partial charge in [-0.3, -0.25) is 0 Å². The van der Waals surface area contributed by atoms with Crippen molar-refractivity contribution in [3.63, 3.8) is 0 Å². The Hall–Kier alpha value is -1.71. The zero-order valence-corrected chi connectivity index (χ0v) is 14.6. The number of urea groups is 1. The van der Waals surface area contributed by atoms with Gasteiger partial charge in [-0.15, -0.1) is 0 Å². The maximum absolute atomic E-state index is 12.3. The standard InChI is InChI=1S/C18H30N2O2/c1-14(2)12-20(13-15(3)4)18(21)19-10-9-16-7-6-8-17(11-16)22-5/h6-8,11,14-15H,9-10,12-13H2,1-5H3,(H,19,21). The molecule has 0 atom stereocenters. The molecular formula is C18H30N2O2. The largest absolute Gasteiger partial charge is 0.497 e. The fourth-order valence-corrected chi connectivity index (χ4v) is 2.38. The molecule has 1 aromatic carbocycles. The molecule has 1 N–H and O–H groups in total. The first-order valence-corrected chi connectivity index (χ1v) is 8.08. The predicted molar refractivity (Wildman–Crippen MR) is 91.3 cm³/mol. The van der Waals surface area contributed by atoms with Crippen LogP contribution in [0.4, 0.5) is 4.79 Å². The Morgan fingerprint density at radius 2 is 1.82 bits per heavy atom. The summed E-state index contributed by atoms with van der Waals surface area (Å²) in [7, 11) is 1.66. The van der Waals surface area contributed by atoms with Crippen LogP contribution in [0.3, 0.4) is 0 Å². The van der Waals surface area contributed by atoms with E-state index in [2.05, 4.69) is 39.1 Å². The lowest BCUT2D eigenvalue weighted by Gasteiger charge is -2.26. The molecule has 0 heterocycles. The Bertz CT molecular complexity index is 448. The van der Waals surface area contributed by atoms with Gasteiger partial charge in [0.25, 0.3) is 0 Å². The van der Waals surface area contributed by atoms with Crippen molar-refractivity contribution in [1.29, 1.82) is 0 Å². The highest BCUT2D eigenvalue weighted by Gasteiger charge is 2.15. The highest BCUT2D eigenvalue weighted by molar-refractivity contribution is 5.74. The summed E-state index contributed by atoms with van der Waals surface area (Å²) in [5, 5.41) is 3.03. The van der Waals surface area contributed by atoms with Gasteiger partial charge >= 0.3 is 6.03 Å². The molecule has 0 aliphatic rings. The van der Waals surface area contributed by atoms with Crippen LogP contribution in [-0.4, -0.2) is 37.7 Å². The number of carbonyl (C=O) groups is 1. The molecule has 2 amide bonds. The number of amides is 2. The molecular weight excluding hydrogens is 276 g/mol. The molecule has 4 heteroatoms. The molecule has 1 rings (SSSR count). The molecule has 0 aliphatic carbocycles. The van der Waals surface area contributed by atoms with E-state index >= 15 is 0 Å². The smallest absolute Gasteiger partial charge is 0.317 e. The highest BCUT2D eigenvalue weighted by atomic mass is 16.5. The molecule has 0 radical (unpaired) electrons. The number of methoxy groups -OCH3 is 1. The number of nitrogens with one attached hydrogen (secondary N) is 1. The second-order valence-corrected chi connectivity index (χ2v) is 6.53. The first-order chi connectivity index (χ1) is 10.4. The third-order valence-electron chi connectivity index (χ3n) is 3.28. The number of benzene rings is 1. The topological polar surface area (TPSA) is 41.6 Å². The number of rotatable bonds is 8. The van der Waals surface area contributed by atoms with Gasteiger partial charge in [0, 0.05) is 19.6 Å². The van der Waals surface area contributed by atoms with Crippen molar-refractivity contribution in [3.8, 4) is 5.75 Å². The lowest BCUT2D eigenvalue weighted by molar-refractivity contribution is 0.183. The normalized spacial score (nSPS) is 10.9. The van der Waals surface area contributed by atoms with Gasteiger partial charge in [-0.25, -0.2) is 4.79 Å². The fraction of sp³-hybridized carbons (Fsp3) is 0.611. The van der Waals surface area contributed by atoms with Crippen LogP contribution in [0.2, 0.25) is 0 Å². The van der Waals surface area contributed by atoms with E-state index in [0.717, 1.165) is 25.3 Å². The molecule has 0 saturated carbocycles. The number of nitrogens with zero attached hydrogens (tertiary/aromatic N) is 1. The van der Waals surface area contributed by atoms with Gasteiger partial charge in [0.2, 0.25) is 0 Å². The third kappa shape index (κ3) is 6.83. The Balaban J connectivity index is 2.48. The summed E-state index contributed by atoms with van der Waals surface area (Å²) < 4.78 is 5.21. The van der Waals surface area contributed by atoms with Crippen LogP contribution in [0.1, 0.15) is 33.3 Å². The number of hydrogen-bond donors (Lipinski definition) is 1. The predicted octanol–water partition coefficient (Wildman–Crippen LogP) is 3.56. The minimum absolute atomic E-state index is 0.0327. The Morgan fingerprint density at radius 3 is 2.36 bits per heavy atom. The SMILES string of the molecule is COc1cccc(CCNC(=O)N(CC(C)C)CC(C)C)c1. The van der Waals surface area contributed by atoms with E-state index in [0.29, 0.717) is 18.4 Å². The summed E-state index contributed by atoms with van der Waals surface area (Å²) in [6.07, 6.45) is 0.806. The highest BCUT2D eigenvalue weighted by Crippen LogP contribution is 2.12. The lowest BCUT2D eigenvalue weighted by Crippen LogP contribution is -2.44. The van der Waals surface area contributed by atoms with Crippen molar-refractivity contribution in [2.75, 3.05) is 26.7 Å². The molecule has 124 valence electrons. The van der Waals surface area contributed by atoms with Crippen LogP contribution in [0.25, 0.3) is 0 Å². The minimum atomic E-state index is 0.0327. The van der Waals surface area contributed by atoms with Crippen molar-refractivity contribution < 1.29 is 9.53 Å². The van der Waals surface area contributed by atoms with Crippen LogP contribution >= 0.6 is 0 Å². The average Bonchev–Trinajstić information content (AvgIpc) is 2.45. The Morgan fingerprint density at radius 1 is 1.18 bits per heavy atom. The van der Waals surface area contributed by atoms with Crippen LogP contribution in [0, 0.1) is 11.8 Å². The number of carbonyl (C=O) groups excluding carboxylic acids is 1. The van der Waals surface area contributed by atoms with E-state index < -0.39 is 0 Å². The van der Waals surface area contributed by atoms with E-state index in [9.17, 15) is 4.79 Å². The van der Waals surface area contributed by atoms with Crippen molar-refractivity contribution in [3.05, 3.63) is 29.8 Å². The van der Waals surface area contributed by atoms with Crippen LogP contribution < -0.4 is 10.1 Å². The van der Waals surface area contributed by atoms with Crippen molar-refractivity contribution >= 4 is 6.03 Å². The maximum atomic E-state index is 12.3. The van der Waals surface area contributed by atoms with E-state index in [-0.39, 0.29) is 6.03 Å². The second kappa shape index (κ2) is 9.34. The summed E-state index contributed by atoms with van der Waals surface area (Å²) in [5.41, 5.74) is 1.17. The summed E-state index contributed by atoms with van der Waals surface area (Å²) in [6.45, 7) is 10.8. The van der Waals surface area contributed by atoms with Crippen LogP contribution in [0.15, 0.2) is 24.3 Å². The third-order valence-corrected chi connectivity index (χ3v) is 3.28. The van der Waals surface area contributed by atoms with Gasteiger partial charge in [0.05, 0.1) is 7.11 Å². The molecule has 0 saturated heterocycles. The molecule has 0 bridgehead atoms. The molecule has 0 unspecified atom stereocenters. The van der Waals surface area contributed by atoms with Gasteiger partial charge in [0.1, 0.15) is 5.75 Å². The zero-order chi connectivity index (χ0) is 16.5. The van der Waals surface area contributed by atoms with Gasteiger partial charge < -0.3 is 15.0 Å². The van der Waals surface area contributed by atoms with Gasteiger partial charge in [0.15, 0.2) is 0 Å². The quantitative estimate of drug-likeness (QED) is 0.798. The van der Waals surface area contributed by atoms with E-state index in [1.165, 1.54) is 5.56 Å². The van der Waals surface area contributed by atoms with Crippen LogP contribution in [0.5, 0.6) is 5.75 Å². The summed E-state index contributed by atoms with van der Waals surface area (Å²) in [4.78, 5) is 14.2. The van der Waals surface area contributed by atoms with Crippen molar-refractivity contribution in [2.45, 2.75) is 34.1 Å². The number of ether oxygens (including phenoxy) is 1. The maximum Gasteiger partial charge on any atom is 0.317 e. The summed E-state index contributed by atoms with van der Waals surface area (Å²) >= 11 is 0. The summed E-state index contributed by atoms with van der Waals surface area (Å²) in [6, 6.07) is 7.99. The average molecular weight is 306 g/mol. The lowest BCUT2D eigenvalue weighted by atomic mass is 10.1. The van der Waals surface area contributed by atoms with E-state index in [1.54, 1.807) is 7.11 Å². The van der Waals surface area contributed by atoms with E-state index in [4.69, 9.17) is 4.74 Å². The van der Waals surface area contributed by atoms with E-state index in [1.807, 2.05) is 23.1 Å². The molecule has 0 aromatic heterocycles. The Labute approximate surface area is 134 Å². The first-order valence-electron chi connectivity index (χ1n) is 8.08. The summed E-state index contributed by atoms with van der Waals surface area (Å²) in [5.74, 6) is 1.80. The van der Waals surface area contributed by atoms with Gasteiger partial charge in [-0.1, -0.05) is 39.8 Å². The molecule has 1 aromatic rings. The van der Waals surface area contributed by atoms with Crippen molar-refractivity contribution in [1.82, 2.24) is 10.2 Å². The van der Waals surface area contributed by atoms with Crippen LogP contribution in [-0.2, 0) is 6.42 Å². The molecule has 4 nitrogen and oxygen atoms in total. The zero-order valence-electron chi connectivity index (χ0n) is 14.6. The van der Waals surface area contributed by atoms with Crippen molar-refractivity contribution in [2.24, 2.45) is 11.8 Å². The fourth-order valence-electron chi connectivity index (χ4n) is 2.38. The van der Waals surface area contributed by atoms with Gasteiger partial charge in [-0.05, 0) is 36.0 Å². The second-order valence-electron chi connectivity index (χ2n) is 6.53.